The second kappa shape index (κ2) is 11.6. The predicted octanol–water partition coefficient (Wildman–Crippen LogP) is 14.3. The second-order valence-corrected chi connectivity index (χ2v) is 14.6. The highest BCUT2D eigenvalue weighted by molar-refractivity contribution is 7.26. The molecule has 1 aliphatic rings. The summed E-state index contributed by atoms with van der Waals surface area (Å²) in [4.78, 5) is 2.43. The monoisotopic (exact) mass is 649 g/mol. The Balaban J connectivity index is 1.21. The molecule has 9 aromatic rings. The predicted molar refractivity (Wildman–Crippen MR) is 210 cm³/mol. The molecule has 0 atom stereocenters. The number of hydrogen-bond acceptors (Lipinski definition) is 3. The zero-order valence-electron chi connectivity index (χ0n) is 27.2. The smallest absolute Gasteiger partial charge is 0.159 e. The third-order valence-corrected chi connectivity index (χ3v) is 11.8. The van der Waals surface area contributed by atoms with Gasteiger partial charge in [-0.25, -0.2) is 0 Å². The second-order valence-electron chi connectivity index (χ2n) is 13.5. The maximum absolute atomic E-state index is 7.08. The Hall–Kier alpha value is -5.38. The standard InChI is InChI=1S/C46H35NOS/c1-2-12-31(13-3-1)36-19-9-20-37-38-21-10-23-41(46(38)48-45(36)37)47(40-22-11-25-43-44(40)39-17-6-7-24-42(39)49-43)33-28-26-32(27-29-33)35-18-8-15-30-14-4-5-16-34(30)35/h4-11,14-29,31H,1-3,12-13H2. The number of furan rings is 1. The summed E-state index contributed by atoms with van der Waals surface area (Å²) in [5.74, 6) is 0.560. The zero-order valence-corrected chi connectivity index (χ0v) is 28.0. The molecule has 3 heteroatoms. The molecule has 0 bridgehead atoms. The van der Waals surface area contributed by atoms with Crippen molar-refractivity contribution in [2.24, 2.45) is 0 Å². The minimum absolute atomic E-state index is 0.560. The number of fused-ring (bicyclic) bond motifs is 7. The van der Waals surface area contributed by atoms with Crippen molar-refractivity contribution in [2.45, 2.75) is 38.0 Å². The van der Waals surface area contributed by atoms with E-state index >= 15 is 0 Å². The molecule has 2 aromatic heterocycles. The topological polar surface area (TPSA) is 16.4 Å². The minimum Gasteiger partial charge on any atom is -0.454 e. The number of hydrogen-bond donors (Lipinski definition) is 0. The van der Waals surface area contributed by atoms with E-state index in [0.717, 1.165) is 28.2 Å². The molecule has 10 rings (SSSR count). The molecular weight excluding hydrogens is 615 g/mol. The van der Waals surface area contributed by atoms with Crippen molar-refractivity contribution in [3.63, 3.8) is 0 Å². The Kier molecular flexibility index (Phi) is 6.80. The van der Waals surface area contributed by atoms with Gasteiger partial charge in [0, 0.05) is 36.6 Å². The Morgan fingerprint density at radius 3 is 2.04 bits per heavy atom. The van der Waals surface area contributed by atoms with E-state index in [4.69, 9.17) is 4.42 Å². The summed E-state index contributed by atoms with van der Waals surface area (Å²) in [7, 11) is 0. The summed E-state index contributed by atoms with van der Waals surface area (Å²) in [5.41, 5.74) is 9.15. The molecular formula is C46H35NOS. The first-order valence-corrected chi connectivity index (χ1v) is 18.4. The van der Waals surface area contributed by atoms with Crippen LogP contribution in [0.3, 0.4) is 0 Å². The van der Waals surface area contributed by atoms with Gasteiger partial charge in [0.1, 0.15) is 5.58 Å². The van der Waals surface area contributed by atoms with Crippen LogP contribution in [0.15, 0.2) is 150 Å². The summed E-state index contributed by atoms with van der Waals surface area (Å²) in [6.07, 6.45) is 6.42. The van der Waals surface area contributed by atoms with Crippen molar-refractivity contribution >= 4 is 81.3 Å². The molecule has 1 fully saturated rings. The van der Waals surface area contributed by atoms with Crippen molar-refractivity contribution in [2.75, 3.05) is 4.90 Å². The minimum atomic E-state index is 0.560. The van der Waals surface area contributed by atoms with Gasteiger partial charge in [-0.05, 0) is 82.6 Å². The van der Waals surface area contributed by atoms with Crippen LogP contribution in [0.4, 0.5) is 17.1 Å². The van der Waals surface area contributed by atoms with Crippen LogP contribution in [0, 0.1) is 0 Å². The van der Waals surface area contributed by atoms with E-state index in [-0.39, 0.29) is 0 Å². The highest BCUT2D eigenvalue weighted by atomic mass is 32.1. The number of rotatable bonds is 5. The molecule has 7 aromatic carbocycles. The molecule has 236 valence electrons. The highest BCUT2D eigenvalue weighted by Crippen LogP contribution is 2.49. The fourth-order valence-electron chi connectivity index (χ4n) is 8.36. The van der Waals surface area contributed by atoms with Gasteiger partial charge in [0.2, 0.25) is 0 Å². The highest BCUT2D eigenvalue weighted by Gasteiger charge is 2.25. The molecule has 0 radical (unpaired) electrons. The van der Waals surface area contributed by atoms with Crippen LogP contribution in [0.25, 0.3) is 64.0 Å². The number of benzene rings is 7. The molecule has 49 heavy (non-hydrogen) atoms. The summed E-state index contributed by atoms with van der Waals surface area (Å²) in [6.45, 7) is 0. The number of nitrogens with zero attached hydrogens (tertiary/aromatic N) is 1. The fourth-order valence-corrected chi connectivity index (χ4v) is 9.48. The van der Waals surface area contributed by atoms with Gasteiger partial charge in [0.05, 0.1) is 11.4 Å². The average molecular weight is 650 g/mol. The number of thiophene rings is 1. The van der Waals surface area contributed by atoms with Crippen molar-refractivity contribution in [3.05, 3.63) is 151 Å². The molecule has 0 N–H and O–H groups in total. The van der Waals surface area contributed by atoms with Crippen molar-refractivity contribution in [1.82, 2.24) is 0 Å². The molecule has 0 unspecified atom stereocenters. The Labute approximate surface area is 289 Å². The molecule has 2 heterocycles. The summed E-state index contributed by atoms with van der Waals surface area (Å²) in [6, 6.07) is 53.3. The molecule has 1 aliphatic carbocycles. The van der Waals surface area contributed by atoms with Gasteiger partial charge in [-0.15, -0.1) is 11.3 Å². The third-order valence-electron chi connectivity index (χ3n) is 10.7. The fraction of sp³-hybridized carbons (Fsp3) is 0.130. The quantitative estimate of drug-likeness (QED) is 0.184. The molecule has 1 saturated carbocycles. The van der Waals surface area contributed by atoms with Crippen LogP contribution in [0.5, 0.6) is 0 Å². The maximum atomic E-state index is 7.08. The lowest BCUT2D eigenvalue weighted by atomic mass is 9.83. The molecule has 0 saturated heterocycles. The first-order chi connectivity index (χ1) is 24.3. The normalized spacial score (nSPS) is 14.0. The molecule has 0 aliphatic heterocycles. The van der Waals surface area contributed by atoms with Crippen molar-refractivity contribution in [3.8, 4) is 11.1 Å². The molecule has 0 spiro atoms. The first kappa shape index (κ1) is 28.6. The maximum Gasteiger partial charge on any atom is 0.159 e. The average Bonchev–Trinajstić information content (AvgIpc) is 3.75. The molecule has 2 nitrogen and oxygen atoms in total. The lowest BCUT2D eigenvalue weighted by molar-refractivity contribution is 0.442. The summed E-state index contributed by atoms with van der Waals surface area (Å²) in [5, 5.41) is 7.47. The van der Waals surface area contributed by atoms with Crippen LogP contribution in [0.2, 0.25) is 0 Å². The van der Waals surface area contributed by atoms with Crippen molar-refractivity contribution < 1.29 is 4.42 Å². The van der Waals surface area contributed by atoms with Crippen LogP contribution < -0.4 is 4.90 Å². The largest absolute Gasteiger partial charge is 0.454 e. The van der Waals surface area contributed by atoms with Gasteiger partial charge in [0.15, 0.2) is 5.58 Å². The zero-order chi connectivity index (χ0) is 32.3. The molecule has 0 amide bonds. The van der Waals surface area contributed by atoms with Crippen LogP contribution in [0.1, 0.15) is 43.6 Å². The van der Waals surface area contributed by atoms with Crippen LogP contribution in [-0.4, -0.2) is 0 Å². The van der Waals surface area contributed by atoms with Crippen molar-refractivity contribution in [1.29, 1.82) is 0 Å². The Bertz CT molecular complexity index is 2650. The van der Waals surface area contributed by atoms with E-state index in [1.54, 1.807) is 0 Å². The third kappa shape index (κ3) is 4.68. The van der Waals surface area contributed by atoms with E-state index in [1.807, 2.05) is 11.3 Å². The van der Waals surface area contributed by atoms with E-state index < -0.39 is 0 Å². The number of para-hydroxylation sites is 2. The van der Waals surface area contributed by atoms with E-state index in [0.29, 0.717) is 5.92 Å². The summed E-state index contributed by atoms with van der Waals surface area (Å²) < 4.78 is 9.66. The van der Waals surface area contributed by atoms with Crippen LogP contribution in [-0.2, 0) is 0 Å². The van der Waals surface area contributed by atoms with Gasteiger partial charge in [0.25, 0.3) is 0 Å². The van der Waals surface area contributed by atoms with Gasteiger partial charge < -0.3 is 9.32 Å². The Morgan fingerprint density at radius 1 is 0.510 bits per heavy atom. The van der Waals surface area contributed by atoms with Gasteiger partial charge in [-0.2, -0.15) is 0 Å². The van der Waals surface area contributed by atoms with Gasteiger partial charge in [-0.1, -0.05) is 128 Å². The number of anilines is 3. The van der Waals surface area contributed by atoms with Gasteiger partial charge >= 0.3 is 0 Å². The van der Waals surface area contributed by atoms with E-state index in [1.165, 1.54) is 90.5 Å². The Morgan fingerprint density at radius 2 is 1.16 bits per heavy atom. The first-order valence-electron chi connectivity index (χ1n) is 17.5. The lowest BCUT2D eigenvalue weighted by Crippen LogP contribution is -2.10. The lowest BCUT2D eigenvalue weighted by Gasteiger charge is -2.27. The van der Waals surface area contributed by atoms with Gasteiger partial charge in [-0.3, -0.25) is 0 Å². The SMILES string of the molecule is c1ccc2c(-c3ccc(N(c4cccc5c4oc4c(C6CCCCC6)cccc45)c4cccc5sc6ccccc6c45)cc3)cccc2c1. The summed E-state index contributed by atoms with van der Waals surface area (Å²) >= 11 is 1.86. The van der Waals surface area contributed by atoms with E-state index in [2.05, 4.69) is 150 Å². The van der Waals surface area contributed by atoms with Crippen LogP contribution >= 0.6 is 11.3 Å². The van der Waals surface area contributed by atoms with E-state index in [9.17, 15) is 0 Å².